The number of nitrogens with zero attached hydrogens (tertiary/aromatic N) is 1. The molecule has 6 nitrogen and oxygen atoms in total. The van der Waals surface area contributed by atoms with Crippen molar-refractivity contribution in [1.29, 1.82) is 0 Å². The zero-order chi connectivity index (χ0) is 20.3. The molecule has 1 atom stereocenters. The minimum absolute atomic E-state index is 0.0427. The number of β-amino-alcohol motifs (C(OH)–C–C–N with tert-alkyl or cyclic N) is 1. The van der Waals surface area contributed by atoms with Crippen LogP contribution in [0.2, 0.25) is 0 Å². The third kappa shape index (κ3) is 4.37. The molecule has 154 valence electrons. The van der Waals surface area contributed by atoms with E-state index in [0.717, 1.165) is 22.6 Å². The number of hydrogen-bond acceptors (Lipinski definition) is 5. The Balaban J connectivity index is 1.30. The largest absolute Gasteiger partial charge is 0.389 e. The lowest BCUT2D eigenvalue weighted by Crippen LogP contribution is -2.49. The highest BCUT2D eigenvalue weighted by molar-refractivity contribution is 7.09. The maximum Gasteiger partial charge on any atom is 0.325 e. The molecule has 2 N–H and O–H groups in total. The molecule has 2 aliphatic rings. The maximum atomic E-state index is 13.0. The van der Waals surface area contributed by atoms with Crippen molar-refractivity contribution < 1.29 is 19.4 Å². The molecule has 1 aromatic carbocycles. The van der Waals surface area contributed by atoms with Crippen LogP contribution >= 0.6 is 11.3 Å². The predicted octanol–water partition coefficient (Wildman–Crippen LogP) is 3.27. The number of hydrogen-bond donors (Lipinski definition) is 2. The molecule has 1 saturated heterocycles. The zero-order valence-corrected chi connectivity index (χ0v) is 17.1. The van der Waals surface area contributed by atoms with E-state index in [-0.39, 0.29) is 19.1 Å². The highest BCUT2D eigenvalue weighted by Gasteiger charge is 2.52. The van der Waals surface area contributed by atoms with E-state index in [1.807, 2.05) is 35.7 Å². The van der Waals surface area contributed by atoms with Crippen LogP contribution in [0.5, 0.6) is 0 Å². The van der Waals surface area contributed by atoms with E-state index in [1.54, 1.807) is 11.3 Å². The van der Waals surface area contributed by atoms with Crippen LogP contribution in [0, 0.1) is 0 Å². The van der Waals surface area contributed by atoms with Crippen LogP contribution in [0.4, 0.5) is 4.79 Å². The van der Waals surface area contributed by atoms with Gasteiger partial charge in [0.15, 0.2) is 0 Å². The number of thiophene rings is 1. The Bertz CT molecular complexity index is 832. The first-order chi connectivity index (χ1) is 14.1. The number of rotatable bonds is 7. The van der Waals surface area contributed by atoms with Gasteiger partial charge in [-0.25, -0.2) is 4.79 Å². The lowest BCUT2D eigenvalue weighted by molar-refractivity contribution is -0.133. The molecule has 1 spiro atoms. The quantitative estimate of drug-likeness (QED) is 0.682. The summed E-state index contributed by atoms with van der Waals surface area (Å²) in [6.07, 6.45) is 2.06. The number of urea groups is 1. The molecule has 1 unspecified atom stereocenters. The minimum Gasteiger partial charge on any atom is -0.389 e. The first-order valence-corrected chi connectivity index (χ1v) is 10.9. The molecular formula is C22H26N2O4S. The maximum absolute atomic E-state index is 13.0. The average molecular weight is 415 g/mol. The van der Waals surface area contributed by atoms with Gasteiger partial charge in [0, 0.05) is 4.88 Å². The summed E-state index contributed by atoms with van der Waals surface area (Å²) < 4.78 is 5.51. The number of carbonyl (C=O) groups is 2. The molecule has 0 radical (unpaired) electrons. The topological polar surface area (TPSA) is 78.9 Å². The normalized spacial score (nSPS) is 25.4. The van der Waals surface area contributed by atoms with E-state index < -0.39 is 17.7 Å². The van der Waals surface area contributed by atoms with Crippen LogP contribution in [-0.2, 0) is 16.1 Å². The van der Waals surface area contributed by atoms with Crippen molar-refractivity contribution in [2.45, 2.75) is 49.9 Å². The molecule has 2 fully saturated rings. The zero-order valence-electron chi connectivity index (χ0n) is 16.3. The second-order valence-electron chi connectivity index (χ2n) is 7.86. The van der Waals surface area contributed by atoms with Gasteiger partial charge in [-0.1, -0.05) is 36.4 Å². The number of aliphatic hydroxyl groups excluding tert-OH is 1. The van der Waals surface area contributed by atoms with E-state index in [1.165, 1.54) is 5.56 Å². The standard InChI is InChI=1S/C22H26N2O4S/c25-18(14-28-15-19-7-4-12-29-19)13-24-20(26)22(23-21(24)27)10-8-17(9-11-22)16-5-2-1-3-6-16/h1-7,12,17-18,25H,8-11,13-15H2,(H,23,27). The molecule has 7 heteroatoms. The highest BCUT2D eigenvalue weighted by Crippen LogP contribution is 2.40. The summed E-state index contributed by atoms with van der Waals surface area (Å²) >= 11 is 1.59. The number of amides is 3. The summed E-state index contributed by atoms with van der Waals surface area (Å²) in [5.74, 6) is 0.197. The summed E-state index contributed by atoms with van der Waals surface area (Å²) in [5.41, 5.74) is 0.467. The summed E-state index contributed by atoms with van der Waals surface area (Å²) in [6, 6.07) is 13.8. The van der Waals surface area contributed by atoms with Gasteiger partial charge in [-0.05, 0) is 48.6 Å². The van der Waals surface area contributed by atoms with Crippen molar-refractivity contribution in [2.24, 2.45) is 0 Å². The first kappa shape index (κ1) is 20.1. The second-order valence-corrected chi connectivity index (χ2v) is 8.89. The fraction of sp³-hybridized carbons (Fsp3) is 0.455. The number of nitrogens with one attached hydrogen (secondary N) is 1. The van der Waals surface area contributed by atoms with Crippen molar-refractivity contribution in [2.75, 3.05) is 13.2 Å². The Morgan fingerprint density at radius 2 is 1.93 bits per heavy atom. The van der Waals surface area contributed by atoms with E-state index in [0.29, 0.717) is 25.4 Å². The fourth-order valence-electron chi connectivity index (χ4n) is 4.30. The number of ether oxygens (including phenoxy) is 1. The Hall–Kier alpha value is -2.22. The third-order valence-electron chi connectivity index (χ3n) is 5.88. The van der Waals surface area contributed by atoms with E-state index in [4.69, 9.17) is 4.74 Å². The molecule has 1 aliphatic carbocycles. The van der Waals surface area contributed by atoms with E-state index >= 15 is 0 Å². The summed E-state index contributed by atoms with van der Waals surface area (Å²) in [6.45, 7) is 0.455. The molecule has 1 saturated carbocycles. The first-order valence-electron chi connectivity index (χ1n) is 10.0. The lowest BCUT2D eigenvalue weighted by Gasteiger charge is -2.35. The van der Waals surface area contributed by atoms with Crippen LogP contribution in [0.3, 0.4) is 0 Å². The van der Waals surface area contributed by atoms with Crippen molar-refractivity contribution >= 4 is 23.3 Å². The van der Waals surface area contributed by atoms with Gasteiger partial charge in [-0.3, -0.25) is 9.69 Å². The fourth-order valence-corrected chi connectivity index (χ4v) is 4.94. The predicted molar refractivity (Wildman–Crippen MR) is 111 cm³/mol. The van der Waals surface area contributed by atoms with Crippen molar-refractivity contribution in [3.63, 3.8) is 0 Å². The van der Waals surface area contributed by atoms with Gasteiger partial charge in [0.1, 0.15) is 5.54 Å². The van der Waals surface area contributed by atoms with Crippen molar-refractivity contribution in [3.05, 3.63) is 58.3 Å². The van der Waals surface area contributed by atoms with Gasteiger partial charge < -0.3 is 15.2 Å². The van der Waals surface area contributed by atoms with Gasteiger partial charge >= 0.3 is 6.03 Å². The molecule has 29 heavy (non-hydrogen) atoms. The molecule has 0 bridgehead atoms. The lowest BCUT2D eigenvalue weighted by atomic mass is 9.74. The number of carbonyl (C=O) groups excluding carboxylic acids is 2. The van der Waals surface area contributed by atoms with Crippen LogP contribution in [0.15, 0.2) is 47.8 Å². The average Bonchev–Trinajstić information content (AvgIpc) is 3.32. The molecule has 1 aromatic heterocycles. The Morgan fingerprint density at radius 3 is 2.62 bits per heavy atom. The van der Waals surface area contributed by atoms with Crippen LogP contribution in [0.1, 0.15) is 42.0 Å². The smallest absolute Gasteiger partial charge is 0.325 e. The molecule has 2 heterocycles. The summed E-state index contributed by atoms with van der Waals surface area (Å²) in [7, 11) is 0. The van der Waals surface area contributed by atoms with Gasteiger partial charge in [0.25, 0.3) is 5.91 Å². The Kier molecular flexibility index (Phi) is 5.99. The van der Waals surface area contributed by atoms with Crippen LogP contribution in [0.25, 0.3) is 0 Å². The Labute approximate surface area is 174 Å². The minimum atomic E-state index is -0.902. The Morgan fingerprint density at radius 1 is 1.17 bits per heavy atom. The monoisotopic (exact) mass is 414 g/mol. The van der Waals surface area contributed by atoms with Crippen molar-refractivity contribution in [1.82, 2.24) is 10.2 Å². The van der Waals surface area contributed by atoms with E-state index in [9.17, 15) is 14.7 Å². The summed E-state index contributed by atoms with van der Waals surface area (Å²) in [5, 5.41) is 15.1. The SMILES string of the molecule is O=C1NC2(CCC(c3ccccc3)CC2)C(=O)N1CC(O)COCc1cccs1. The molecule has 2 aromatic rings. The number of aliphatic hydroxyl groups is 1. The van der Waals surface area contributed by atoms with Crippen molar-refractivity contribution in [3.8, 4) is 0 Å². The highest BCUT2D eigenvalue weighted by atomic mass is 32.1. The van der Waals surface area contributed by atoms with Gasteiger partial charge in [-0.15, -0.1) is 11.3 Å². The molecule has 3 amide bonds. The molecule has 4 rings (SSSR count). The molecule has 1 aliphatic heterocycles. The van der Waals surface area contributed by atoms with Gasteiger partial charge in [0.2, 0.25) is 0 Å². The van der Waals surface area contributed by atoms with Crippen LogP contribution in [-0.4, -0.2) is 46.7 Å². The number of benzene rings is 1. The number of imide groups is 1. The van der Waals surface area contributed by atoms with Gasteiger partial charge in [-0.2, -0.15) is 0 Å². The van der Waals surface area contributed by atoms with E-state index in [2.05, 4.69) is 17.4 Å². The second kappa shape index (κ2) is 8.65. The third-order valence-corrected chi connectivity index (χ3v) is 6.73. The van der Waals surface area contributed by atoms with Crippen LogP contribution < -0.4 is 5.32 Å². The molecular weight excluding hydrogens is 388 g/mol. The summed E-state index contributed by atoms with van der Waals surface area (Å²) in [4.78, 5) is 27.7. The van der Waals surface area contributed by atoms with Gasteiger partial charge in [0.05, 0.1) is 25.9 Å².